The van der Waals surface area contributed by atoms with Gasteiger partial charge in [0.15, 0.2) is 0 Å². The minimum atomic E-state index is -0.226. The van der Waals surface area contributed by atoms with Crippen molar-refractivity contribution in [3.8, 4) is 5.75 Å². The Hall–Kier alpha value is -0.770. The number of aliphatic hydroxyl groups is 1. The van der Waals surface area contributed by atoms with E-state index in [0.29, 0.717) is 5.92 Å². The second-order valence-corrected chi connectivity index (χ2v) is 5.42. The molecule has 4 heteroatoms. The van der Waals surface area contributed by atoms with Crippen molar-refractivity contribution in [2.75, 3.05) is 20.2 Å². The summed E-state index contributed by atoms with van der Waals surface area (Å²) in [7, 11) is 1.68. The van der Waals surface area contributed by atoms with Gasteiger partial charge < -0.3 is 9.84 Å². The van der Waals surface area contributed by atoms with Gasteiger partial charge in [-0.15, -0.1) is 0 Å². The Morgan fingerprint density at radius 3 is 2.94 bits per heavy atom. The van der Waals surface area contributed by atoms with Crippen LogP contribution in [0.2, 0.25) is 5.02 Å². The summed E-state index contributed by atoms with van der Waals surface area (Å²) in [4.78, 5) is 2.34. The molecule has 0 spiro atoms. The lowest BCUT2D eigenvalue weighted by molar-refractivity contribution is 0.127. The molecule has 1 heterocycles. The number of methoxy groups -OCH3 is 1. The molecule has 0 bridgehead atoms. The normalized spacial score (nSPS) is 22.1. The molecule has 2 unspecified atom stereocenters. The van der Waals surface area contributed by atoms with Gasteiger partial charge >= 0.3 is 0 Å². The van der Waals surface area contributed by atoms with Gasteiger partial charge in [-0.2, -0.15) is 0 Å². The second kappa shape index (κ2) is 5.91. The number of halogens is 1. The molecule has 0 aromatic heterocycles. The molecule has 0 radical (unpaired) electrons. The van der Waals surface area contributed by atoms with Crippen molar-refractivity contribution in [3.05, 3.63) is 28.8 Å². The summed E-state index contributed by atoms with van der Waals surface area (Å²) in [5, 5.41) is 10.3. The van der Waals surface area contributed by atoms with Gasteiger partial charge in [0.2, 0.25) is 0 Å². The van der Waals surface area contributed by atoms with E-state index in [9.17, 15) is 5.11 Å². The van der Waals surface area contributed by atoms with Gasteiger partial charge in [-0.1, -0.05) is 11.6 Å². The van der Waals surface area contributed by atoms with Crippen molar-refractivity contribution in [3.63, 3.8) is 0 Å². The molecule has 1 aromatic carbocycles. The number of nitrogens with zero attached hydrogens (tertiary/aromatic N) is 1. The summed E-state index contributed by atoms with van der Waals surface area (Å²) in [6.07, 6.45) is 0.830. The molecular weight excluding hydrogens is 250 g/mol. The molecule has 1 aliphatic rings. The highest BCUT2D eigenvalue weighted by Crippen LogP contribution is 2.27. The third-order valence-electron chi connectivity index (χ3n) is 3.63. The minimum Gasteiger partial charge on any atom is -0.496 e. The van der Waals surface area contributed by atoms with Crippen LogP contribution < -0.4 is 4.74 Å². The third kappa shape index (κ3) is 3.16. The van der Waals surface area contributed by atoms with Crippen LogP contribution in [0.5, 0.6) is 5.75 Å². The summed E-state index contributed by atoms with van der Waals surface area (Å²) < 4.78 is 5.35. The fraction of sp³-hybridized carbons (Fsp3) is 0.571. The quantitative estimate of drug-likeness (QED) is 0.912. The van der Waals surface area contributed by atoms with Gasteiger partial charge in [-0.3, -0.25) is 4.90 Å². The smallest absolute Gasteiger partial charge is 0.123 e. The number of ether oxygens (including phenoxy) is 1. The molecule has 2 atom stereocenters. The third-order valence-corrected chi connectivity index (χ3v) is 3.86. The first-order valence-corrected chi connectivity index (χ1v) is 6.70. The summed E-state index contributed by atoms with van der Waals surface area (Å²) in [5.41, 5.74) is 1.11. The van der Waals surface area contributed by atoms with Crippen LogP contribution in [0, 0.1) is 5.92 Å². The van der Waals surface area contributed by atoms with Crippen molar-refractivity contribution in [2.24, 2.45) is 5.92 Å². The van der Waals surface area contributed by atoms with Crippen LogP contribution in [-0.2, 0) is 6.54 Å². The van der Waals surface area contributed by atoms with Gasteiger partial charge in [0, 0.05) is 23.7 Å². The van der Waals surface area contributed by atoms with Gasteiger partial charge in [0.05, 0.1) is 13.2 Å². The van der Waals surface area contributed by atoms with E-state index < -0.39 is 0 Å². The zero-order valence-corrected chi connectivity index (χ0v) is 11.7. The Labute approximate surface area is 113 Å². The first kappa shape index (κ1) is 13.7. The van der Waals surface area contributed by atoms with E-state index in [4.69, 9.17) is 16.3 Å². The average molecular weight is 270 g/mol. The zero-order valence-electron chi connectivity index (χ0n) is 10.9. The SMILES string of the molecule is COc1ccc(Cl)cc1CN1CCC(C(C)O)C1. The Morgan fingerprint density at radius 2 is 2.33 bits per heavy atom. The molecule has 100 valence electrons. The van der Waals surface area contributed by atoms with Crippen molar-refractivity contribution in [2.45, 2.75) is 26.0 Å². The molecule has 3 nitrogen and oxygen atoms in total. The number of aliphatic hydroxyl groups excluding tert-OH is 1. The lowest BCUT2D eigenvalue weighted by Gasteiger charge is -2.19. The lowest BCUT2D eigenvalue weighted by atomic mass is 10.0. The van der Waals surface area contributed by atoms with E-state index in [1.54, 1.807) is 7.11 Å². The topological polar surface area (TPSA) is 32.7 Å². The van der Waals surface area contributed by atoms with E-state index in [-0.39, 0.29) is 6.10 Å². The number of hydrogen-bond acceptors (Lipinski definition) is 3. The van der Waals surface area contributed by atoms with Crippen molar-refractivity contribution in [1.82, 2.24) is 4.90 Å². The van der Waals surface area contributed by atoms with Gasteiger partial charge in [-0.25, -0.2) is 0 Å². The average Bonchev–Trinajstić information content (AvgIpc) is 2.78. The van der Waals surface area contributed by atoms with Crippen LogP contribution in [-0.4, -0.2) is 36.3 Å². The van der Waals surface area contributed by atoms with Crippen LogP contribution in [0.4, 0.5) is 0 Å². The van der Waals surface area contributed by atoms with Crippen molar-refractivity contribution < 1.29 is 9.84 Å². The lowest BCUT2D eigenvalue weighted by Crippen LogP contribution is -2.24. The van der Waals surface area contributed by atoms with Crippen LogP contribution in [0.15, 0.2) is 18.2 Å². The second-order valence-electron chi connectivity index (χ2n) is 4.98. The fourth-order valence-corrected chi connectivity index (χ4v) is 2.71. The van der Waals surface area contributed by atoms with Gasteiger partial charge in [0.25, 0.3) is 0 Å². The Balaban J connectivity index is 2.04. The molecule has 1 saturated heterocycles. The fourth-order valence-electron chi connectivity index (χ4n) is 2.51. The van der Waals surface area contributed by atoms with Gasteiger partial charge in [-0.05, 0) is 44.0 Å². The molecule has 18 heavy (non-hydrogen) atoms. The molecule has 0 saturated carbocycles. The van der Waals surface area contributed by atoms with E-state index in [2.05, 4.69) is 4.90 Å². The van der Waals surface area contributed by atoms with Crippen LogP contribution in [0.3, 0.4) is 0 Å². The van der Waals surface area contributed by atoms with Crippen LogP contribution >= 0.6 is 11.6 Å². The molecule has 1 aliphatic heterocycles. The van der Waals surface area contributed by atoms with Crippen LogP contribution in [0.1, 0.15) is 18.9 Å². The highest BCUT2D eigenvalue weighted by Gasteiger charge is 2.26. The highest BCUT2D eigenvalue weighted by molar-refractivity contribution is 6.30. The predicted molar refractivity (Wildman–Crippen MR) is 73.1 cm³/mol. The molecule has 0 aliphatic carbocycles. The first-order valence-electron chi connectivity index (χ1n) is 6.33. The first-order chi connectivity index (χ1) is 8.60. The molecular formula is C14H20ClNO2. The van der Waals surface area contributed by atoms with E-state index in [1.165, 1.54) is 0 Å². The molecule has 1 aromatic rings. The van der Waals surface area contributed by atoms with Gasteiger partial charge in [0.1, 0.15) is 5.75 Å². The minimum absolute atomic E-state index is 0.226. The molecule has 1 fully saturated rings. The van der Waals surface area contributed by atoms with Crippen molar-refractivity contribution in [1.29, 1.82) is 0 Å². The number of benzene rings is 1. The number of hydrogen-bond donors (Lipinski definition) is 1. The summed E-state index contributed by atoms with van der Waals surface area (Å²) in [6, 6.07) is 5.70. The maximum absolute atomic E-state index is 9.61. The predicted octanol–water partition coefficient (Wildman–Crippen LogP) is 2.55. The summed E-state index contributed by atoms with van der Waals surface area (Å²) in [6.45, 7) is 4.65. The summed E-state index contributed by atoms with van der Waals surface area (Å²) >= 11 is 6.02. The molecule has 0 amide bonds. The van der Waals surface area contributed by atoms with Crippen LogP contribution in [0.25, 0.3) is 0 Å². The number of likely N-dealkylation sites (tertiary alicyclic amines) is 1. The molecule has 2 rings (SSSR count). The maximum atomic E-state index is 9.61. The molecule has 1 N–H and O–H groups in total. The van der Waals surface area contributed by atoms with E-state index in [0.717, 1.165) is 42.4 Å². The Morgan fingerprint density at radius 1 is 1.56 bits per heavy atom. The van der Waals surface area contributed by atoms with E-state index >= 15 is 0 Å². The largest absolute Gasteiger partial charge is 0.496 e. The zero-order chi connectivity index (χ0) is 13.1. The van der Waals surface area contributed by atoms with E-state index in [1.807, 2.05) is 25.1 Å². The van der Waals surface area contributed by atoms with Crippen molar-refractivity contribution >= 4 is 11.6 Å². The maximum Gasteiger partial charge on any atom is 0.123 e. The monoisotopic (exact) mass is 269 g/mol. The Kier molecular flexibility index (Phi) is 4.49. The standard InChI is InChI=1S/C14H20ClNO2/c1-10(17)11-5-6-16(8-11)9-12-7-13(15)3-4-14(12)18-2/h3-4,7,10-11,17H,5-6,8-9H2,1-2H3. The number of rotatable bonds is 4. The highest BCUT2D eigenvalue weighted by atomic mass is 35.5. The summed E-state index contributed by atoms with van der Waals surface area (Å²) in [5.74, 6) is 1.26. The Bertz CT molecular complexity index is 409.